The fourth-order valence-corrected chi connectivity index (χ4v) is 3.16. The molecular weight excluding hydrogens is 440 g/mol. The van der Waals surface area contributed by atoms with E-state index < -0.39 is 12.1 Å². The van der Waals surface area contributed by atoms with Gasteiger partial charge < -0.3 is 15.3 Å². The van der Waals surface area contributed by atoms with E-state index in [-0.39, 0.29) is 11.7 Å². The number of piperidine rings is 1. The van der Waals surface area contributed by atoms with E-state index in [0.29, 0.717) is 24.7 Å². The van der Waals surface area contributed by atoms with Gasteiger partial charge in [0.1, 0.15) is 5.82 Å². The van der Waals surface area contributed by atoms with Crippen molar-refractivity contribution < 1.29 is 32.3 Å². The largest absolute Gasteiger partial charge is 0.490 e. The molecule has 0 aliphatic carbocycles. The van der Waals surface area contributed by atoms with Crippen molar-refractivity contribution >= 4 is 29.2 Å². The molecule has 2 N–H and O–H groups in total. The lowest BCUT2D eigenvalue weighted by Crippen LogP contribution is -2.42. The molecule has 31 heavy (non-hydrogen) atoms. The molecule has 0 unspecified atom stereocenters. The summed E-state index contributed by atoms with van der Waals surface area (Å²) in [5.41, 5.74) is 2.63. The predicted molar refractivity (Wildman–Crippen MR) is 109 cm³/mol. The van der Waals surface area contributed by atoms with Crippen LogP contribution in [0.2, 0.25) is 5.02 Å². The summed E-state index contributed by atoms with van der Waals surface area (Å²) >= 11 is 6.16. The Kier molecular flexibility index (Phi) is 8.27. The smallest absolute Gasteiger partial charge is 0.475 e. The molecule has 1 heterocycles. The van der Waals surface area contributed by atoms with Crippen molar-refractivity contribution in [3.05, 3.63) is 64.4 Å². The third-order valence-corrected chi connectivity index (χ3v) is 5.15. The van der Waals surface area contributed by atoms with Gasteiger partial charge in [-0.25, -0.2) is 9.18 Å². The standard InChI is InChI=1S/C19H20ClFN2O.C2HF3O2/c1-13-17(20)3-2-4-18(13)22-16-9-11-23(12-10-16)19(24)14-5-7-15(21)8-6-14;3-2(4,5)1(6)7/h2-8,16,22H,9-12H2,1H3;(H,6,7). The van der Waals surface area contributed by atoms with Crippen LogP contribution in [0.25, 0.3) is 0 Å². The summed E-state index contributed by atoms with van der Waals surface area (Å²) in [6.07, 6.45) is -3.34. The lowest BCUT2D eigenvalue weighted by molar-refractivity contribution is -0.192. The molecule has 5 nitrogen and oxygen atoms in total. The quantitative estimate of drug-likeness (QED) is 0.622. The number of carbonyl (C=O) groups is 2. The number of hydrogen-bond donors (Lipinski definition) is 2. The number of likely N-dealkylation sites (tertiary alicyclic amines) is 1. The second kappa shape index (κ2) is 10.5. The molecule has 10 heteroatoms. The Hall–Kier alpha value is -2.81. The Morgan fingerprint density at radius 1 is 1.10 bits per heavy atom. The molecule has 0 atom stereocenters. The number of benzene rings is 2. The van der Waals surface area contributed by atoms with Crippen LogP contribution in [0.4, 0.5) is 23.2 Å². The lowest BCUT2D eigenvalue weighted by atomic mass is 10.0. The number of aliphatic carboxylic acids is 1. The average molecular weight is 461 g/mol. The molecule has 0 bridgehead atoms. The number of hydrogen-bond acceptors (Lipinski definition) is 3. The Bertz CT molecular complexity index is 912. The summed E-state index contributed by atoms with van der Waals surface area (Å²) in [7, 11) is 0. The summed E-state index contributed by atoms with van der Waals surface area (Å²) in [5.74, 6) is -3.12. The maximum Gasteiger partial charge on any atom is 0.490 e. The first-order valence-corrected chi connectivity index (χ1v) is 9.73. The number of rotatable bonds is 3. The zero-order chi connectivity index (χ0) is 23.2. The Labute approximate surface area is 181 Å². The van der Waals surface area contributed by atoms with E-state index in [1.807, 2.05) is 30.0 Å². The van der Waals surface area contributed by atoms with E-state index in [9.17, 15) is 22.4 Å². The van der Waals surface area contributed by atoms with E-state index in [4.69, 9.17) is 21.5 Å². The maximum absolute atomic E-state index is 13.0. The molecule has 0 saturated carbocycles. The SMILES string of the molecule is Cc1c(Cl)cccc1NC1CCN(C(=O)c2ccc(F)cc2)CC1.O=C(O)C(F)(F)F. The summed E-state index contributed by atoms with van der Waals surface area (Å²) in [4.78, 5) is 23.2. The topological polar surface area (TPSA) is 69.6 Å². The molecule has 1 amide bonds. The number of carboxylic acids is 1. The lowest BCUT2D eigenvalue weighted by Gasteiger charge is -2.33. The van der Waals surface area contributed by atoms with Crippen LogP contribution in [0.5, 0.6) is 0 Å². The number of amides is 1. The molecule has 2 aromatic rings. The molecule has 3 rings (SSSR count). The van der Waals surface area contributed by atoms with Crippen LogP contribution in [0.3, 0.4) is 0 Å². The fourth-order valence-electron chi connectivity index (χ4n) is 2.99. The highest BCUT2D eigenvalue weighted by Crippen LogP contribution is 2.25. The van der Waals surface area contributed by atoms with Gasteiger partial charge in [0.15, 0.2) is 0 Å². The van der Waals surface area contributed by atoms with Crippen molar-refractivity contribution in [1.29, 1.82) is 0 Å². The van der Waals surface area contributed by atoms with Crippen molar-refractivity contribution in [2.75, 3.05) is 18.4 Å². The number of halogens is 5. The second-order valence-corrected chi connectivity index (χ2v) is 7.34. The fraction of sp³-hybridized carbons (Fsp3) is 0.333. The van der Waals surface area contributed by atoms with Crippen LogP contribution in [0.1, 0.15) is 28.8 Å². The van der Waals surface area contributed by atoms with Gasteiger partial charge in [0.05, 0.1) is 0 Å². The average Bonchev–Trinajstić information content (AvgIpc) is 2.72. The van der Waals surface area contributed by atoms with E-state index >= 15 is 0 Å². The van der Waals surface area contributed by atoms with Gasteiger partial charge in [-0.05, 0) is 61.7 Å². The Morgan fingerprint density at radius 2 is 1.65 bits per heavy atom. The van der Waals surface area contributed by atoms with Crippen LogP contribution in [-0.4, -0.2) is 47.2 Å². The minimum Gasteiger partial charge on any atom is -0.475 e. The number of nitrogens with zero attached hydrogens (tertiary/aromatic N) is 1. The minimum atomic E-state index is -5.08. The molecule has 1 fully saturated rings. The third-order valence-electron chi connectivity index (χ3n) is 4.74. The van der Waals surface area contributed by atoms with E-state index in [2.05, 4.69) is 5.32 Å². The van der Waals surface area contributed by atoms with Crippen molar-refractivity contribution in [3.63, 3.8) is 0 Å². The summed E-state index contributed by atoms with van der Waals surface area (Å²) in [5, 5.41) is 11.4. The first-order chi connectivity index (χ1) is 14.5. The number of carboxylic acid groups (broad SMARTS) is 1. The van der Waals surface area contributed by atoms with Gasteiger partial charge in [-0.3, -0.25) is 4.79 Å². The van der Waals surface area contributed by atoms with E-state index in [1.165, 1.54) is 24.3 Å². The minimum absolute atomic E-state index is 0.0348. The zero-order valence-corrected chi connectivity index (χ0v) is 17.3. The monoisotopic (exact) mass is 460 g/mol. The van der Waals surface area contributed by atoms with Gasteiger partial charge >= 0.3 is 12.1 Å². The molecule has 0 radical (unpaired) electrons. The van der Waals surface area contributed by atoms with Crippen molar-refractivity contribution in [2.45, 2.75) is 32.0 Å². The second-order valence-electron chi connectivity index (χ2n) is 6.93. The maximum atomic E-state index is 13.0. The van der Waals surface area contributed by atoms with E-state index in [0.717, 1.165) is 29.1 Å². The molecule has 1 aliphatic heterocycles. The van der Waals surface area contributed by atoms with Gasteiger partial charge in [0, 0.05) is 35.4 Å². The van der Waals surface area contributed by atoms with Gasteiger partial charge in [0.2, 0.25) is 0 Å². The van der Waals surface area contributed by atoms with Crippen LogP contribution >= 0.6 is 11.6 Å². The first-order valence-electron chi connectivity index (χ1n) is 9.35. The molecule has 1 saturated heterocycles. The summed E-state index contributed by atoms with van der Waals surface area (Å²) < 4.78 is 44.7. The molecule has 168 valence electrons. The summed E-state index contributed by atoms with van der Waals surface area (Å²) in [6, 6.07) is 11.9. The van der Waals surface area contributed by atoms with Gasteiger partial charge in [-0.1, -0.05) is 17.7 Å². The highest BCUT2D eigenvalue weighted by atomic mass is 35.5. The number of nitrogens with one attached hydrogen (secondary N) is 1. The molecule has 2 aromatic carbocycles. The molecular formula is C21H21ClF4N2O3. The highest BCUT2D eigenvalue weighted by Gasteiger charge is 2.38. The van der Waals surface area contributed by atoms with Crippen LogP contribution in [0, 0.1) is 12.7 Å². The predicted octanol–water partition coefficient (Wildman–Crippen LogP) is 5.14. The molecule has 0 spiro atoms. The Balaban J connectivity index is 0.000000423. The van der Waals surface area contributed by atoms with Crippen molar-refractivity contribution in [1.82, 2.24) is 4.90 Å². The highest BCUT2D eigenvalue weighted by molar-refractivity contribution is 6.31. The summed E-state index contributed by atoms with van der Waals surface area (Å²) in [6.45, 7) is 3.37. The van der Waals surface area contributed by atoms with Crippen LogP contribution in [-0.2, 0) is 4.79 Å². The first kappa shape index (κ1) is 24.5. The third kappa shape index (κ3) is 7.13. The number of anilines is 1. The van der Waals surface area contributed by atoms with Crippen LogP contribution < -0.4 is 5.32 Å². The van der Waals surface area contributed by atoms with Crippen molar-refractivity contribution in [3.8, 4) is 0 Å². The molecule has 0 aromatic heterocycles. The number of carbonyl (C=O) groups excluding carboxylic acids is 1. The van der Waals surface area contributed by atoms with Gasteiger partial charge in [0.25, 0.3) is 5.91 Å². The van der Waals surface area contributed by atoms with E-state index in [1.54, 1.807) is 0 Å². The van der Waals surface area contributed by atoms with Crippen LogP contribution in [0.15, 0.2) is 42.5 Å². The Morgan fingerprint density at radius 3 is 2.16 bits per heavy atom. The van der Waals surface area contributed by atoms with Gasteiger partial charge in [-0.2, -0.15) is 13.2 Å². The normalized spacial score (nSPS) is 14.5. The zero-order valence-electron chi connectivity index (χ0n) is 16.5. The van der Waals surface area contributed by atoms with Crippen molar-refractivity contribution in [2.24, 2.45) is 0 Å². The van der Waals surface area contributed by atoms with Gasteiger partial charge in [-0.15, -0.1) is 0 Å². The molecule has 1 aliphatic rings. The number of alkyl halides is 3.